The molecule has 0 spiro atoms. The summed E-state index contributed by atoms with van der Waals surface area (Å²) in [4.78, 5) is 27.6. The Hall–Kier alpha value is -2.86. The first-order chi connectivity index (χ1) is 19.0. The number of nitrogens with zero attached hydrogens (tertiary/aromatic N) is 3. The van der Waals surface area contributed by atoms with Gasteiger partial charge in [-0.15, -0.1) is 0 Å². The highest BCUT2D eigenvalue weighted by Gasteiger charge is 2.48. The summed E-state index contributed by atoms with van der Waals surface area (Å²) in [6, 6.07) is 0. The van der Waals surface area contributed by atoms with Gasteiger partial charge in [-0.3, -0.25) is 14.3 Å². The van der Waals surface area contributed by atoms with Crippen LogP contribution in [0.2, 0.25) is 0 Å². The van der Waals surface area contributed by atoms with Gasteiger partial charge in [0, 0.05) is 49.8 Å². The number of piperidine rings is 1. The predicted molar refractivity (Wildman–Crippen MR) is 137 cm³/mol. The molecule has 6 rings (SSSR count). The van der Waals surface area contributed by atoms with Gasteiger partial charge in [-0.05, 0) is 37.5 Å². The summed E-state index contributed by atoms with van der Waals surface area (Å²) < 4.78 is 61.4. The third-order valence-electron chi connectivity index (χ3n) is 8.76. The molecule has 0 aromatic carbocycles. The molecular weight excluding hydrogens is 529 g/mol. The highest BCUT2D eigenvalue weighted by atomic mass is 19.4. The second-order valence-electron chi connectivity index (χ2n) is 11.9. The van der Waals surface area contributed by atoms with Crippen molar-refractivity contribution in [3.05, 3.63) is 28.8 Å². The number of ether oxygens (including phenoxy) is 2. The Balaban J connectivity index is 1.21. The van der Waals surface area contributed by atoms with Crippen molar-refractivity contribution in [3.8, 4) is 11.3 Å². The number of aromatic nitrogens is 2. The summed E-state index contributed by atoms with van der Waals surface area (Å²) >= 11 is 0. The molecule has 12 heteroatoms. The van der Waals surface area contributed by atoms with Crippen LogP contribution in [0.25, 0.3) is 11.3 Å². The van der Waals surface area contributed by atoms with Crippen LogP contribution in [0, 0.1) is 11.3 Å². The van der Waals surface area contributed by atoms with Gasteiger partial charge >= 0.3 is 6.18 Å². The van der Waals surface area contributed by atoms with Gasteiger partial charge in [-0.1, -0.05) is 13.8 Å². The molecule has 2 aliphatic carbocycles. The third-order valence-corrected chi connectivity index (χ3v) is 8.76. The van der Waals surface area contributed by atoms with Crippen LogP contribution in [0.5, 0.6) is 0 Å². The Bertz CT molecular complexity index is 1280. The summed E-state index contributed by atoms with van der Waals surface area (Å²) in [5.41, 5.74) is -0.467. The number of amides is 2. The summed E-state index contributed by atoms with van der Waals surface area (Å²) in [5.74, 6) is -1.17. The maximum Gasteiger partial charge on any atom is 0.420 e. The second-order valence-corrected chi connectivity index (χ2v) is 11.9. The number of hydrogen-bond donors (Lipinski definition) is 1. The van der Waals surface area contributed by atoms with Crippen LogP contribution in [0.1, 0.15) is 72.9 Å². The minimum absolute atomic E-state index is 0.0153. The summed E-state index contributed by atoms with van der Waals surface area (Å²) in [6.45, 7) is 6.97. The van der Waals surface area contributed by atoms with E-state index in [1.54, 1.807) is 4.68 Å². The average Bonchev–Trinajstić information content (AvgIpc) is 3.35. The minimum atomic E-state index is -4.81. The number of nitrogens with one attached hydrogen (secondary N) is 1. The zero-order valence-electron chi connectivity index (χ0n) is 22.8. The van der Waals surface area contributed by atoms with Gasteiger partial charge < -0.3 is 24.1 Å². The van der Waals surface area contributed by atoms with Gasteiger partial charge in [0.05, 0.1) is 37.2 Å². The van der Waals surface area contributed by atoms with E-state index < -0.39 is 29.5 Å². The Kier molecular flexibility index (Phi) is 6.97. The number of fused-ring (bicyclic) bond motifs is 3. The number of alkyl halides is 3. The summed E-state index contributed by atoms with van der Waals surface area (Å²) in [6.07, 6.45) is 0.383. The Morgan fingerprint density at radius 1 is 1.20 bits per heavy atom. The van der Waals surface area contributed by atoms with E-state index in [1.807, 2.05) is 24.9 Å². The number of hydrogen-bond acceptors (Lipinski definition) is 6. The molecule has 1 saturated carbocycles. The second kappa shape index (κ2) is 10.2. The minimum Gasteiger partial charge on any atom is -0.455 e. The van der Waals surface area contributed by atoms with E-state index in [0.29, 0.717) is 38.4 Å². The molecule has 2 aromatic rings. The largest absolute Gasteiger partial charge is 0.455 e. The number of rotatable bonds is 6. The molecule has 2 aromatic heterocycles. The standard InChI is InChI=1S/C28H35F3N4O5/c1-16-11-20-21(22(28(29,30)31)24(40-20)25(36)32-12-18-15-38-9-10-39-18)23-19(16)14-35(33-23)13-17-3-7-34(8-4-17)26(37)27(2)5-6-27/h14,16-18H,3-13,15H2,1-2H3,(H,32,36)/t16?,18-/m1/s1. The third kappa shape index (κ3) is 5.15. The molecule has 4 aliphatic rings. The van der Waals surface area contributed by atoms with Crippen LogP contribution < -0.4 is 5.32 Å². The van der Waals surface area contributed by atoms with Crippen molar-refractivity contribution < 1.29 is 36.7 Å². The van der Waals surface area contributed by atoms with Crippen molar-refractivity contribution in [2.45, 2.75) is 70.7 Å². The summed E-state index contributed by atoms with van der Waals surface area (Å²) in [7, 11) is 0. The van der Waals surface area contributed by atoms with Crippen LogP contribution in [0.15, 0.2) is 10.6 Å². The summed E-state index contributed by atoms with van der Waals surface area (Å²) in [5, 5.41) is 7.13. The smallest absolute Gasteiger partial charge is 0.420 e. The van der Waals surface area contributed by atoms with Gasteiger partial charge in [-0.25, -0.2) is 0 Å². The van der Waals surface area contributed by atoms with Crippen molar-refractivity contribution in [1.29, 1.82) is 0 Å². The first-order valence-corrected chi connectivity index (χ1v) is 14.1. The van der Waals surface area contributed by atoms with Crippen LogP contribution >= 0.6 is 0 Å². The number of carbonyl (C=O) groups is 2. The van der Waals surface area contributed by atoms with Crippen LogP contribution in [-0.4, -0.2) is 72.1 Å². The normalized spacial score (nSPS) is 24.4. The lowest BCUT2D eigenvalue weighted by atomic mass is 9.86. The molecule has 2 aliphatic heterocycles. The fraction of sp³-hybridized carbons (Fsp3) is 0.679. The Morgan fingerprint density at radius 3 is 2.60 bits per heavy atom. The molecule has 0 bridgehead atoms. The van der Waals surface area contributed by atoms with Gasteiger partial charge in [0.1, 0.15) is 11.3 Å². The molecule has 0 radical (unpaired) electrons. The quantitative estimate of drug-likeness (QED) is 0.570. The average molecular weight is 565 g/mol. The highest BCUT2D eigenvalue weighted by Crippen LogP contribution is 2.49. The number of furan rings is 1. The van der Waals surface area contributed by atoms with Crippen LogP contribution in [-0.2, 0) is 33.4 Å². The van der Waals surface area contributed by atoms with Gasteiger partial charge in [0.25, 0.3) is 5.91 Å². The van der Waals surface area contributed by atoms with E-state index in [1.165, 1.54) is 0 Å². The van der Waals surface area contributed by atoms with E-state index in [0.717, 1.165) is 25.7 Å². The topological polar surface area (TPSA) is 98.8 Å². The van der Waals surface area contributed by atoms with Gasteiger partial charge in [-0.2, -0.15) is 18.3 Å². The molecule has 40 heavy (non-hydrogen) atoms. The fourth-order valence-corrected chi connectivity index (χ4v) is 6.08. The maximum atomic E-state index is 14.4. The SMILES string of the molecule is CC1Cc2oc(C(=O)NC[C@@H]3COCCO3)c(C(F)(F)F)c2-c2nn(CC3CCN(C(=O)C4(C)CC4)CC3)cc21. The van der Waals surface area contributed by atoms with E-state index in [4.69, 9.17) is 13.9 Å². The molecule has 2 atom stereocenters. The highest BCUT2D eigenvalue weighted by molar-refractivity contribution is 5.96. The van der Waals surface area contributed by atoms with E-state index in [2.05, 4.69) is 10.4 Å². The molecule has 2 amide bonds. The lowest BCUT2D eigenvalue weighted by Crippen LogP contribution is -2.42. The molecule has 1 N–H and O–H groups in total. The molecule has 3 fully saturated rings. The Labute approximate surface area is 230 Å². The fourth-order valence-electron chi connectivity index (χ4n) is 6.08. The lowest BCUT2D eigenvalue weighted by Gasteiger charge is -2.33. The molecule has 9 nitrogen and oxygen atoms in total. The van der Waals surface area contributed by atoms with E-state index in [-0.39, 0.29) is 59.7 Å². The molecule has 2 saturated heterocycles. The van der Waals surface area contributed by atoms with Crippen molar-refractivity contribution in [1.82, 2.24) is 20.0 Å². The first-order valence-electron chi connectivity index (χ1n) is 14.1. The number of halogens is 3. The van der Waals surface area contributed by atoms with Crippen molar-refractivity contribution in [3.63, 3.8) is 0 Å². The van der Waals surface area contributed by atoms with E-state index >= 15 is 0 Å². The predicted octanol–water partition coefficient (Wildman–Crippen LogP) is 4.01. The lowest BCUT2D eigenvalue weighted by molar-refractivity contribution is -0.138. The zero-order valence-corrected chi connectivity index (χ0v) is 22.8. The van der Waals surface area contributed by atoms with Crippen LogP contribution in [0.3, 0.4) is 0 Å². The van der Waals surface area contributed by atoms with Crippen molar-refractivity contribution in [2.75, 3.05) is 39.5 Å². The molecular formula is C28H35F3N4O5. The first kappa shape index (κ1) is 27.3. The number of carbonyl (C=O) groups excluding carboxylic acids is 2. The van der Waals surface area contributed by atoms with Gasteiger partial charge in [0.2, 0.25) is 11.7 Å². The van der Waals surface area contributed by atoms with Crippen molar-refractivity contribution in [2.24, 2.45) is 11.3 Å². The van der Waals surface area contributed by atoms with E-state index in [9.17, 15) is 22.8 Å². The monoisotopic (exact) mass is 564 g/mol. The molecule has 1 unspecified atom stereocenters. The van der Waals surface area contributed by atoms with Gasteiger partial charge in [0.15, 0.2) is 0 Å². The maximum absolute atomic E-state index is 14.4. The molecule has 218 valence electrons. The number of likely N-dealkylation sites (tertiary alicyclic amines) is 1. The van der Waals surface area contributed by atoms with Crippen LogP contribution in [0.4, 0.5) is 13.2 Å². The zero-order chi connectivity index (χ0) is 28.2. The Morgan fingerprint density at radius 2 is 1.95 bits per heavy atom. The van der Waals surface area contributed by atoms with Crippen molar-refractivity contribution >= 4 is 11.8 Å². The molecule has 4 heterocycles.